The van der Waals surface area contributed by atoms with E-state index >= 15 is 0 Å². The van der Waals surface area contributed by atoms with Gasteiger partial charge in [-0.25, -0.2) is 0 Å². The molecule has 2 N–H and O–H groups in total. The third-order valence-corrected chi connectivity index (χ3v) is 4.71. The van der Waals surface area contributed by atoms with Gasteiger partial charge in [-0.05, 0) is 32.2 Å². The molecule has 126 valence electrons. The third kappa shape index (κ3) is 5.25. The number of carbonyl (C=O) groups excluding carboxylic acids is 2. The molecule has 2 rings (SSSR count). The molecule has 0 spiro atoms. The Morgan fingerprint density at radius 2 is 2.00 bits per heavy atom. The fraction of sp³-hybridized carbons (Fsp3) is 0.875. The second-order valence-corrected chi connectivity index (χ2v) is 6.31. The summed E-state index contributed by atoms with van der Waals surface area (Å²) >= 11 is 0. The first-order valence-corrected chi connectivity index (χ1v) is 8.60. The molecule has 2 saturated heterocycles. The van der Waals surface area contributed by atoms with Gasteiger partial charge < -0.3 is 15.3 Å². The first-order valence-electron chi connectivity index (χ1n) is 8.60. The molecule has 0 radical (unpaired) electrons. The van der Waals surface area contributed by atoms with Crippen LogP contribution >= 0.6 is 0 Å². The lowest BCUT2D eigenvalue weighted by atomic mass is 10.0. The number of aliphatic hydroxyl groups is 1. The third-order valence-electron chi connectivity index (χ3n) is 4.71. The van der Waals surface area contributed by atoms with Crippen LogP contribution in [-0.2, 0) is 9.59 Å². The van der Waals surface area contributed by atoms with Crippen LogP contribution in [0.5, 0.6) is 0 Å². The minimum absolute atomic E-state index is 0.0101. The van der Waals surface area contributed by atoms with E-state index in [9.17, 15) is 14.7 Å². The fourth-order valence-electron chi connectivity index (χ4n) is 3.32. The lowest BCUT2D eigenvalue weighted by Crippen LogP contribution is -2.45. The maximum Gasteiger partial charge on any atom is 0.222 e. The van der Waals surface area contributed by atoms with Gasteiger partial charge in [0.1, 0.15) is 0 Å². The maximum atomic E-state index is 11.9. The van der Waals surface area contributed by atoms with E-state index in [2.05, 4.69) is 10.2 Å². The second-order valence-electron chi connectivity index (χ2n) is 6.31. The molecule has 2 fully saturated rings. The van der Waals surface area contributed by atoms with E-state index in [0.29, 0.717) is 25.9 Å². The van der Waals surface area contributed by atoms with Crippen LogP contribution in [0.2, 0.25) is 0 Å². The zero-order valence-corrected chi connectivity index (χ0v) is 13.4. The molecule has 0 aliphatic carbocycles. The van der Waals surface area contributed by atoms with Crippen molar-refractivity contribution >= 4 is 11.8 Å². The van der Waals surface area contributed by atoms with Gasteiger partial charge in [0, 0.05) is 45.1 Å². The summed E-state index contributed by atoms with van der Waals surface area (Å²) in [4.78, 5) is 27.6. The van der Waals surface area contributed by atoms with E-state index in [-0.39, 0.29) is 24.5 Å². The standard InChI is InChI=1S/C16H29N3O3/c20-13-14-5-1-3-9-18(14)12-8-17-15(21)7-11-19-10-4-2-6-16(19)22/h14,20H,1-13H2,(H,17,21)/t14-/m0/s1. The predicted molar refractivity (Wildman–Crippen MR) is 84.4 cm³/mol. The summed E-state index contributed by atoms with van der Waals surface area (Å²) in [5.41, 5.74) is 0. The summed E-state index contributed by atoms with van der Waals surface area (Å²) in [6.07, 6.45) is 6.42. The van der Waals surface area contributed by atoms with E-state index < -0.39 is 0 Å². The highest BCUT2D eigenvalue weighted by Gasteiger charge is 2.21. The minimum atomic E-state index is 0.0101. The van der Waals surface area contributed by atoms with Crippen molar-refractivity contribution in [3.8, 4) is 0 Å². The quantitative estimate of drug-likeness (QED) is 0.712. The molecule has 0 aromatic carbocycles. The number of hydrogen-bond acceptors (Lipinski definition) is 4. The number of likely N-dealkylation sites (tertiary alicyclic amines) is 2. The number of rotatable bonds is 7. The first kappa shape index (κ1) is 17.2. The van der Waals surface area contributed by atoms with Gasteiger partial charge in [0.2, 0.25) is 11.8 Å². The van der Waals surface area contributed by atoms with Gasteiger partial charge in [-0.15, -0.1) is 0 Å². The highest BCUT2D eigenvalue weighted by molar-refractivity contribution is 5.79. The van der Waals surface area contributed by atoms with Crippen LogP contribution in [0.4, 0.5) is 0 Å². The Balaban J connectivity index is 1.60. The zero-order chi connectivity index (χ0) is 15.8. The van der Waals surface area contributed by atoms with Crippen molar-refractivity contribution < 1.29 is 14.7 Å². The molecule has 1 atom stereocenters. The van der Waals surface area contributed by atoms with Crippen LogP contribution < -0.4 is 5.32 Å². The van der Waals surface area contributed by atoms with Crippen molar-refractivity contribution in [2.75, 3.05) is 39.3 Å². The average Bonchev–Trinajstić information content (AvgIpc) is 2.54. The topological polar surface area (TPSA) is 72.9 Å². The van der Waals surface area contributed by atoms with E-state index in [1.54, 1.807) is 4.90 Å². The average molecular weight is 311 g/mol. The molecule has 0 saturated carbocycles. The molecule has 0 aromatic heterocycles. The number of nitrogens with one attached hydrogen (secondary N) is 1. The summed E-state index contributed by atoms with van der Waals surface area (Å²) in [5.74, 6) is 0.189. The van der Waals surface area contributed by atoms with Crippen LogP contribution in [0.15, 0.2) is 0 Å². The molecule has 2 aliphatic heterocycles. The number of hydrogen-bond donors (Lipinski definition) is 2. The van der Waals surface area contributed by atoms with Gasteiger partial charge in [-0.2, -0.15) is 0 Å². The Labute approximate surface area is 132 Å². The van der Waals surface area contributed by atoms with Crippen LogP contribution in [0, 0.1) is 0 Å². The van der Waals surface area contributed by atoms with Gasteiger partial charge in [0.25, 0.3) is 0 Å². The Bertz CT molecular complexity index is 376. The number of nitrogens with zero attached hydrogens (tertiary/aromatic N) is 2. The molecule has 0 unspecified atom stereocenters. The minimum Gasteiger partial charge on any atom is -0.395 e. The zero-order valence-electron chi connectivity index (χ0n) is 13.4. The first-order chi connectivity index (χ1) is 10.7. The van der Waals surface area contributed by atoms with Crippen LogP contribution in [0.3, 0.4) is 0 Å². The van der Waals surface area contributed by atoms with E-state index in [4.69, 9.17) is 0 Å². The monoisotopic (exact) mass is 311 g/mol. The molecular weight excluding hydrogens is 282 g/mol. The highest BCUT2D eigenvalue weighted by Crippen LogP contribution is 2.15. The number of piperidine rings is 2. The van der Waals surface area contributed by atoms with Crippen molar-refractivity contribution in [1.29, 1.82) is 0 Å². The van der Waals surface area contributed by atoms with Crippen molar-refractivity contribution in [3.63, 3.8) is 0 Å². The van der Waals surface area contributed by atoms with Crippen molar-refractivity contribution in [1.82, 2.24) is 15.1 Å². The molecule has 22 heavy (non-hydrogen) atoms. The summed E-state index contributed by atoms with van der Waals surface area (Å²) < 4.78 is 0. The van der Waals surface area contributed by atoms with Crippen LogP contribution in [-0.4, -0.2) is 72.1 Å². The molecule has 2 amide bonds. The lowest BCUT2D eigenvalue weighted by Gasteiger charge is -2.34. The van der Waals surface area contributed by atoms with Gasteiger partial charge in [-0.3, -0.25) is 14.5 Å². The van der Waals surface area contributed by atoms with Crippen LogP contribution in [0.1, 0.15) is 44.9 Å². The van der Waals surface area contributed by atoms with Crippen molar-refractivity contribution in [2.45, 2.75) is 51.0 Å². The lowest BCUT2D eigenvalue weighted by molar-refractivity contribution is -0.133. The van der Waals surface area contributed by atoms with Gasteiger partial charge in [0.05, 0.1) is 6.61 Å². The van der Waals surface area contributed by atoms with E-state index in [1.807, 2.05) is 0 Å². The molecule has 0 aromatic rings. The molecule has 2 aliphatic rings. The molecule has 6 heteroatoms. The maximum absolute atomic E-state index is 11.9. The number of amides is 2. The van der Waals surface area contributed by atoms with E-state index in [1.165, 1.54) is 12.8 Å². The SMILES string of the molecule is O=C(CCN1CCCCC1=O)NCCN1CCCC[C@H]1CO. The van der Waals surface area contributed by atoms with Crippen molar-refractivity contribution in [3.05, 3.63) is 0 Å². The van der Waals surface area contributed by atoms with E-state index in [0.717, 1.165) is 38.9 Å². The summed E-state index contributed by atoms with van der Waals surface area (Å²) in [5, 5.41) is 12.3. The highest BCUT2D eigenvalue weighted by atomic mass is 16.3. The Morgan fingerprint density at radius 1 is 1.18 bits per heavy atom. The second kappa shape index (κ2) is 9.10. The van der Waals surface area contributed by atoms with Gasteiger partial charge >= 0.3 is 0 Å². The molecule has 2 heterocycles. The normalized spacial score (nSPS) is 23.6. The van der Waals surface area contributed by atoms with Crippen LogP contribution in [0.25, 0.3) is 0 Å². The van der Waals surface area contributed by atoms with Gasteiger partial charge in [0.15, 0.2) is 0 Å². The summed E-state index contributed by atoms with van der Waals surface area (Å²) in [7, 11) is 0. The fourth-order valence-corrected chi connectivity index (χ4v) is 3.32. The smallest absolute Gasteiger partial charge is 0.222 e. The number of carbonyl (C=O) groups is 2. The van der Waals surface area contributed by atoms with Crippen molar-refractivity contribution in [2.24, 2.45) is 0 Å². The molecule has 0 bridgehead atoms. The predicted octanol–water partition coefficient (Wildman–Crippen LogP) is 0.352. The number of aliphatic hydroxyl groups excluding tert-OH is 1. The summed E-state index contributed by atoms with van der Waals surface area (Å²) in [6.45, 7) is 3.93. The summed E-state index contributed by atoms with van der Waals surface area (Å²) in [6, 6.07) is 0.247. The molecule has 6 nitrogen and oxygen atoms in total. The Hall–Kier alpha value is -1.14. The Morgan fingerprint density at radius 3 is 2.77 bits per heavy atom. The Kier molecular flexibility index (Phi) is 7.12. The largest absolute Gasteiger partial charge is 0.395 e. The van der Waals surface area contributed by atoms with Gasteiger partial charge in [-0.1, -0.05) is 6.42 Å². The molecular formula is C16H29N3O3.